The van der Waals surface area contributed by atoms with E-state index in [4.69, 9.17) is 4.74 Å². The fraction of sp³-hybridized carbons (Fsp3) is 0.316. The Bertz CT molecular complexity index is 619. The second kappa shape index (κ2) is 8.34. The zero-order chi connectivity index (χ0) is 16.7. The van der Waals surface area contributed by atoms with Gasteiger partial charge in [-0.2, -0.15) is 0 Å². The third-order valence-electron chi connectivity index (χ3n) is 3.63. The van der Waals surface area contributed by atoms with Crippen molar-refractivity contribution < 1.29 is 9.53 Å². The number of nitrogens with one attached hydrogen (secondary N) is 2. The Hall–Kier alpha value is -2.33. The van der Waals surface area contributed by atoms with Gasteiger partial charge in [0.2, 0.25) is 5.91 Å². The highest BCUT2D eigenvalue weighted by Crippen LogP contribution is 2.17. The highest BCUT2D eigenvalue weighted by Gasteiger charge is 2.03. The molecule has 23 heavy (non-hydrogen) atoms. The van der Waals surface area contributed by atoms with Crippen LogP contribution in [0, 0.1) is 0 Å². The maximum Gasteiger partial charge on any atom is 0.238 e. The van der Waals surface area contributed by atoms with Crippen LogP contribution in [-0.4, -0.2) is 19.6 Å². The summed E-state index contributed by atoms with van der Waals surface area (Å²) in [4.78, 5) is 11.9. The van der Waals surface area contributed by atoms with Gasteiger partial charge in [0.15, 0.2) is 0 Å². The highest BCUT2D eigenvalue weighted by molar-refractivity contribution is 5.92. The van der Waals surface area contributed by atoms with Crippen LogP contribution in [0.15, 0.2) is 48.5 Å². The van der Waals surface area contributed by atoms with Gasteiger partial charge in [-0.05, 0) is 41.3 Å². The molecule has 2 rings (SSSR count). The van der Waals surface area contributed by atoms with Gasteiger partial charge in [-0.3, -0.25) is 4.79 Å². The minimum absolute atomic E-state index is 0.0455. The fourth-order valence-electron chi connectivity index (χ4n) is 2.22. The topological polar surface area (TPSA) is 50.4 Å². The van der Waals surface area contributed by atoms with Gasteiger partial charge in [0.25, 0.3) is 0 Å². The summed E-state index contributed by atoms with van der Waals surface area (Å²) in [5.74, 6) is 1.28. The van der Waals surface area contributed by atoms with Crippen LogP contribution in [0.3, 0.4) is 0 Å². The number of hydrogen-bond donors (Lipinski definition) is 2. The molecule has 0 unspecified atom stereocenters. The summed E-state index contributed by atoms with van der Waals surface area (Å²) in [5, 5.41) is 6.03. The molecule has 2 N–H and O–H groups in total. The van der Waals surface area contributed by atoms with Crippen molar-refractivity contribution in [3.63, 3.8) is 0 Å². The molecule has 0 aliphatic rings. The molecule has 122 valence electrons. The Kier molecular flexibility index (Phi) is 6.18. The summed E-state index contributed by atoms with van der Waals surface area (Å²) in [7, 11) is 1.64. The molecule has 1 amide bonds. The molecule has 4 nitrogen and oxygen atoms in total. The highest BCUT2D eigenvalue weighted by atomic mass is 16.5. The normalized spacial score (nSPS) is 10.6. The SMILES string of the molecule is COc1ccc(CNCC(=O)Nc2ccc(C(C)C)cc2)cc1. The maximum atomic E-state index is 11.9. The van der Waals surface area contributed by atoms with Crippen LogP contribution >= 0.6 is 0 Å². The minimum atomic E-state index is -0.0455. The quantitative estimate of drug-likeness (QED) is 0.822. The monoisotopic (exact) mass is 312 g/mol. The van der Waals surface area contributed by atoms with E-state index in [1.54, 1.807) is 7.11 Å². The Labute approximate surface area is 137 Å². The van der Waals surface area contributed by atoms with Gasteiger partial charge in [-0.1, -0.05) is 38.1 Å². The van der Waals surface area contributed by atoms with E-state index >= 15 is 0 Å². The first kappa shape index (κ1) is 17.0. The van der Waals surface area contributed by atoms with Crippen molar-refractivity contribution in [2.24, 2.45) is 0 Å². The van der Waals surface area contributed by atoms with Crippen LogP contribution in [-0.2, 0) is 11.3 Å². The summed E-state index contributed by atoms with van der Waals surface area (Å²) in [6.45, 7) is 5.22. The standard InChI is InChI=1S/C19H24N2O2/c1-14(2)16-6-8-17(9-7-16)21-19(22)13-20-12-15-4-10-18(23-3)11-5-15/h4-11,14,20H,12-13H2,1-3H3,(H,21,22). The molecule has 0 saturated carbocycles. The largest absolute Gasteiger partial charge is 0.497 e. The summed E-state index contributed by atoms with van der Waals surface area (Å²) in [6.07, 6.45) is 0. The molecule has 0 aromatic heterocycles. The molecular weight excluding hydrogens is 288 g/mol. The molecule has 0 bridgehead atoms. The Morgan fingerprint density at radius 3 is 2.26 bits per heavy atom. The molecule has 0 aliphatic heterocycles. The number of benzene rings is 2. The van der Waals surface area contributed by atoms with E-state index < -0.39 is 0 Å². The Balaban J connectivity index is 1.76. The summed E-state index contributed by atoms with van der Waals surface area (Å²) in [6, 6.07) is 15.8. The lowest BCUT2D eigenvalue weighted by Crippen LogP contribution is -2.27. The summed E-state index contributed by atoms with van der Waals surface area (Å²) >= 11 is 0. The van der Waals surface area contributed by atoms with Crippen LogP contribution in [0.25, 0.3) is 0 Å². The first-order valence-corrected chi connectivity index (χ1v) is 7.82. The van der Waals surface area contributed by atoms with Crippen LogP contribution in [0.2, 0.25) is 0 Å². The van der Waals surface area contributed by atoms with Gasteiger partial charge in [0, 0.05) is 12.2 Å². The van der Waals surface area contributed by atoms with E-state index in [0.717, 1.165) is 17.0 Å². The lowest BCUT2D eigenvalue weighted by atomic mass is 10.0. The number of ether oxygens (including phenoxy) is 1. The number of carbonyl (C=O) groups excluding carboxylic acids is 1. The van der Waals surface area contributed by atoms with E-state index in [2.05, 4.69) is 24.5 Å². The van der Waals surface area contributed by atoms with Crippen molar-refractivity contribution in [2.45, 2.75) is 26.3 Å². The van der Waals surface area contributed by atoms with E-state index in [-0.39, 0.29) is 12.5 Å². The predicted octanol–water partition coefficient (Wildman–Crippen LogP) is 3.55. The molecule has 0 aliphatic carbocycles. The smallest absolute Gasteiger partial charge is 0.238 e. The van der Waals surface area contributed by atoms with E-state index in [0.29, 0.717) is 12.5 Å². The Morgan fingerprint density at radius 2 is 1.70 bits per heavy atom. The van der Waals surface area contributed by atoms with E-state index in [1.807, 2.05) is 48.5 Å². The van der Waals surface area contributed by atoms with E-state index in [1.165, 1.54) is 5.56 Å². The van der Waals surface area contributed by atoms with Gasteiger partial charge < -0.3 is 15.4 Å². The van der Waals surface area contributed by atoms with Gasteiger partial charge >= 0.3 is 0 Å². The second-order valence-corrected chi connectivity index (χ2v) is 5.78. The van der Waals surface area contributed by atoms with Crippen LogP contribution < -0.4 is 15.4 Å². The zero-order valence-electron chi connectivity index (χ0n) is 13.9. The molecular formula is C19H24N2O2. The average molecular weight is 312 g/mol. The molecule has 0 radical (unpaired) electrons. The van der Waals surface area contributed by atoms with Crippen LogP contribution in [0.1, 0.15) is 30.9 Å². The molecule has 0 heterocycles. The van der Waals surface area contributed by atoms with Gasteiger partial charge in [0.1, 0.15) is 5.75 Å². The summed E-state index contributed by atoms with van der Waals surface area (Å²) < 4.78 is 5.12. The number of carbonyl (C=O) groups is 1. The van der Waals surface area contributed by atoms with Gasteiger partial charge in [0.05, 0.1) is 13.7 Å². The molecule has 0 fully saturated rings. The molecule has 2 aromatic rings. The summed E-state index contributed by atoms with van der Waals surface area (Å²) in [5.41, 5.74) is 3.20. The molecule has 0 atom stereocenters. The van der Waals surface area contributed by atoms with Crippen molar-refractivity contribution in [3.05, 3.63) is 59.7 Å². The van der Waals surface area contributed by atoms with Crippen molar-refractivity contribution in [1.29, 1.82) is 0 Å². The van der Waals surface area contributed by atoms with Gasteiger partial charge in [-0.25, -0.2) is 0 Å². The maximum absolute atomic E-state index is 11.9. The lowest BCUT2D eigenvalue weighted by molar-refractivity contribution is -0.115. The Morgan fingerprint density at radius 1 is 1.04 bits per heavy atom. The van der Waals surface area contributed by atoms with Crippen molar-refractivity contribution in [2.75, 3.05) is 19.0 Å². The van der Waals surface area contributed by atoms with Gasteiger partial charge in [-0.15, -0.1) is 0 Å². The third kappa shape index (κ3) is 5.42. The predicted molar refractivity (Wildman–Crippen MR) is 93.9 cm³/mol. The van der Waals surface area contributed by atoms with Crippen LogP contribution in [0.4, 0.5) is 5.69 Å². The van der Waals surface area contributed by atoms with Crippen LogP contribution in [0.5, 0.6) is 5.75 Å². The number of anilines is 1. The number of methoxy groups -OCH3 is 1. The lowest BCUT2D eigenvalue weighted by Gasteiger charge is -2.09. The van der Waals surface area contributed by atoms with Crippen molar-refractivity contribution >= 4 is 11.6 Å². The number of amides is 1. The van der Waals surface area contributed by atoms with Crippen molar-refractivity contribution in [1.82, 2.24) is 5.32 Å². The first-order valence-electron chi connectivity index (χ1n) is 7.82. The fourth-order valence-corrected chi connectivity index (χ4v) is 2.22. The number of hydrogen-bond acceptors (Lipinski definition) is 3. The molecule has 0 spiro atoms. The average Bonchev–Trinajstić information content (AvgIpc) is 2.56. The molecule has 2 aromatic carbocycles. The molecule has 0 saturated heterocycles. The third-order valence-corrected chi connectivity index (χ3v) is 3.63. The van der Waals surface area contributed by atoms with Crippen molar-refractivity contribution in [3.8, 4) is 5.75 Å². The molecule has 4 heteroatoms. The van der Waals surface area contributed by atoms with E-state index in [9.17, 15) is 4.79 Å². The second-order valence-electron chi connectivity index (χ2n) is 5.78. The number of rotatable bonds is 7. The first-order chi connectivity index (χ1) is 11.1. The zero-order valence-corrected chi connectivity index (χ0v) is 13.9. The minimum Gasteiger partial charge on any atom is -0.497 e.